The van der Waals surface area contributed by atoms with Gasteiger partial charge in [0.2, 0.25) is 0 Å². The molecule has 0 aliphatic heterocycles. The molecule has 1 aromatic carbocycles. The molecule has 1 saturated carbocycles. The third kappa shape index (κ3) is 3.72. The average molecular weight is 291 g/mol. The van der Waals surface area contributed by atoms with Crippen molar-refractivity contribution in [3.63, 3.8) is 0 Å². The lowest BCUT2D eigenvalue weighted by atomic mass is 9.96. The van der Waals surface area contributed by atoms with Crippen molar-refractivity contribution in [3.8, 4) is 0 Å². The number of aliphatic carboxylic acids is 1. The van der Waals surface area contributed by atoms with E-state index in [0.29, 0.717) is 25.1 Å². The van der Waals surface area contributed by atoms with Crippen LogP contribution < -0.4 is 10.6 Å². The second kappa shape index (κ2) is 6.13. The fourth-order valence-corrected chi connectivity index (χ4v) is 2.19. The summed E-state index contributed by atoms with van der Waals surface area (Å²) in [7, 11) is 3.88. The number of anilines is 1. The van der Waals surface area contributed by atoms with Crippen LogP contribution in [0.2, 0.25) is 0 Å². The van der Waals surface area contributed by atoms with Crippen molar-refractivity contribution in [2.45, 2.75) is 18.3 Å². The highest BCUT2D eigenvalue weighted by Crippen LogP contribution is 2.48. The molecular formula is C15H21N3O3. The number of carbonyl (C=O) groups excluding carboxylic acids is 1. The van der Waals surface area contributed by atoms with Gasteiger partial charge in [0.1, 0.15) is 0 Å². The minimum Gasteiger partial charge on any atom is -0.481 e. The Kier molecular flexibility index (Phi) is 4.47. The number of hydrogen-bond acceptors (Lipinski definition) is 3. The number of hydrogen-bond donors (Lipinski definition) is 3. The molecule has 2 amide bonds. The van der Waals surface area contributed by atoms with Crippen LogP contribution in [0.15, 0.2) is 24.3 Å². The van der Waals surface area contributed by atoms with Crippen LogP contribution in [0.3, 0.4) is 0 Å². The van der Waals surface area contributed by atoms with Crippen molar-refractivity contribution < 1.29 is 14.7 Å². The standard InChI is InChI=1S/C15H21N3O3/c1-18(2)10-9-16-14(21)17-12-5-3-11(4-6-12)15(7-8-15)13(19)20/h3-6H,7-10H2,1-2H3,(H,19,20)(H2,16,17,21). The number of nitrogens with zero attached hydrogens (tertiary/aromatic N) is 1. The first-order valence-corrected chi connectivity index (χ1v) is 6.97. The average Bonchev–Trinajstić information content (AvgIpc) is 3.20. The van der Waals surface area contributed by atoms with Gasteiger partial charge in [0, 0.05) is 18.8 Å². The molecule has 114 valence electrons. The van der Waals surface area contributed by atoms with Crippen LogP contribution in [0.25, 0.3) is 0 Å². The molecule has 1 aliphatic carbocycles. The number of urea groups is 1. The molecule has 0 saturated heterocycles. The van der Waals surface area contributed by atoms with Crippen LogP contribution in [0, 0.1) is 0 Å². The van der Waals surface area contributed by atoms with Crippen molar-refractivity contribution in [2.24, 2.45) is 0 Å². The molecule has 0 aromatic heterocycles. The molecule has 0 atom stereocenters. The summed E-state index contributed by atoms with van der Waals surface area (Å²) in [5.74, 6) is -0.773. The summed E-state index contributed by atoms with van der Waals surface area (Å²) in [5.41, 5.74) is 0.753. The number of benzene rings is 1. The first kappa shape index (κ1) is 15.3. The minimum atomic E-state index is -0.773. The smallest absolute Gasteiger partial charge is 0.319 e. The first-order valence-electron chi connectivity index (χ1n) is 6.97. The van der Waals surface area contributed by atoms with Gasteiger partial charge in [-0.05, 0) is 44.6 Å². The molecule has 0 heterocycles. The van der Waals surface area contributed by atoms with Crippen LogP contribution in [0.5, 0.6) is 0 Å². The van der Waals surface area contributed by atoms with Gasteiger partial charge in [0.05, 0.1) is 5.41 Å². The first-order chi connectivity index (χ1) is 9.94. The summed E-state index contributed by atoms with van der Waals surface area (Å²) >= 11 is 0. The number of amides is 2. The Bertz CT molecular complexity index is 521. The predicted octanol–water partition coefficient (Wildman–Crippen LogP) is 1.49. The van der Waals surface area contributed by atoms with Gasteiger partial charge in [-0.25, -0.2) is 4.79 Å². The summed E-state index contributed by atoms with van der Waals surface area (Å²) in [4.78, 5) is 24.9. The predicted molar refractivity (Wildman–Crippen MR) is 80.6 cm³/mol. The van der Waals surface area contributed by atoms with Gasteiger partial charge in [-0.2, -0.15) is 0 Å². The van der Waals surface area contributed by atoms with Crippen LogP contribution in [-0.2, 0) is 10.2 Å². The lowest BCUT2D eigenvalue weighted by Gasteiger charge is -2.13. The SMILES string of the molecule is CN(C)CCNC(=O)Nc1ccc(C2(C(=O)O)CC2)cc1. The zero-order chi connectivity index (χ0) is 15.5. The van der Waals surface area contributed by atoms with Crippen molar-refractivity contribution in [3.05, 3.63) is 29.8 Å². The fraction of sp³-hybridized carbons (Fsp3) is 0.467. The molecule has 21 heavy (non-hydrogen) atoms. The Morgan fingerprint density at radius 2 is 1.86 bits per heavy atom. The molecule has 1 aliphatic rings. The van der Waals surface area contributed by atoms with Crippen molar-refractivity contribution in [2.75, 3.05) is 32.5 Å². The molecule has 3 N–H and O–H groups in total. The van der Waals surface area contributed by atoms with Crippen LogP contribution >= 0.6 is 0 Å². The van der Waals surface area contributed by atoms with Gasteiger partial charge in [0.25, 0.3) is 0 Å². The Morgan fingerprint density at radius 3 is 2.33 bits per heavy atom. The third-order valence-corrected chi connectivity index (χ3v) is 3.70. The second-order valence-electron chi connectivity index (χ2n) is 5.65. The molecule has 0 spiro atoms. The summed E-state index contributed by atoms with van der Waals surface area (Å²) in [5, 5.41) is 14.7. The van der Waals surface area contributed by atoms with Crippen molar-refractivity contribution in [1.82, 2.24) is 10.2 Å². The van der Waals surface area contributed by atoms with Crippen LogP contribution in [0.1, 0.15) is 18.4 Å². The van der Waals surface area contributed by atoms with Crippen LogP contribution in [0.4, 0.5) is 10.5 Å². The number of rotatable bonds is 6. The van der Waals surface area contributed by atoms with Gasteiger partial charge >= 0.3 is 12.0 Å². The van der Waals surface area contributed by atoms with Gasteiger partial charge in [-0.1, -0.05) is 12.1 Å². The van der Waals surface area contributed by atoms with E-state index >= 15 is 0 Å². The van der Waals surface area contributed by atoms with Crippen molar-refractivity contribution in [1.29, 1.82) is 0 Å². The number of carbonyl (C=O) groups is 2. The van der Waals surface area contributed by atoms with Gasteiger partial charge in [0.15, 0.2) is 0 Å². The van der Waals surface area contributed by atoms with E-state index in [1.165, 1.54) is 0 Å². The molecule has 6 nitrogen and oxygen atoms in total. The van der Waals surface area contributed by atoms with Gasteiger partial charge in [-0.15, -0.1) is 0 Å². The minimum absolute atomic E-state index is 0.260. The fourth-order valence-electron chi connectivity index (χ4n) is 2.19. The van der Waals surface area contributed by atoms with Crippen molar-refractivity contribution >= 4 is 17.7 Å². The largest absolute Gasteiger partial charge is 0.481 e. The second-order valence-corrected chi connectivity index (χ2v) is 5.65. The summed E-state index contributed by atoms with van der Waals surface area (Å²) in [6.07, 6.45) is 1.36. The highest BCUT2D eigenvalue weighted by molar-refractivity contribution is 5.89. The molecule has 2 rings (SSSR count). The number of carboxylic acids is 1. The van der Waals surface area contributed by atoms with E-state index < -0.39 is 11.4 Å². The normalized spacial score (nSPS) is 15.6. The van der Waals surface area contributed by atoms with E-state index in [1.807, 2.05) is 19.0 Å². The summed E-state index contributed by atoms with van der Waals surface area (Å²) < 4.78 is 0. The monoisotopic (exact) mass is 291 g/mol. The molecule has 0 bridgehead atoms. The lowest BCUT2D eigenvalue weighted by Crippen LogP contribution is -2.34. The quantitative estimate of drug-likeness (QED) is 0.741. The van der Waals surface area contributed by atoms with E-state index in [2.05, 4.69) is 10.6 Å². The van der Waals surface area contributed by atoms with E-state index in [4.69, 9.17) is 0 Å². The van der Waals surface area contributed by atoms with Crippen LogP contribution in [-0.4, -0.2) is 49.2 Å². The Balaban J connectivity index is 1.88. The molecule has 1 fully saturated rings. The number of likely N-dealkylation sites (N-methyl/N-ethyl adjacent to an activating group) is 1. The molecule has 6 heteroatoms. The van der Waals surface area contributed by atoms with Gasteiger partial charge < -0.3 is 20.6 Å². The maximum Gasteiger partial charge on any atom is 0.319 e. The zero-order valence-electron chi connectivity index (χ0n) is 12.3. The molecule has 0 unspecified atom stereocenters. The van der Waals surface area contributed by atoms with E-state index in [-0.39, 0.29) is 6.03 Å². The van der Waals surface area contributed by atoms with E-state index in [1.54, 1.807) is 24.3 Å². The number of carboxylic acid groups (broad SMARTS) is 1. The summed E-state index contributed by atoms with van der Waals surface area (Å²) in [6.45, 7) is 1.34. The highest BCUT2D eigenvalue weighted by atomic mass is 16.4. The van der Waals surface area contributed by atoms with Gasteiger partial charge in [-0.3, -0.25) is 4.79 Å². The molecular weight excluding hydrogens is 270 g/mol. The third-order valence-electron chi connectivity index (χ3n) is 3.70. The zero-order valence-corrected chi connectivity index (χ0v) is 12.3. The molecule has 0 radical (unpaired) electrons. The molecule has 1 aromatic rings. The van der Waals surface area contributed by atoms with E-state index in [9.17, 15) is 14.7 Å². The summed E-state index contributed by atoms with van der Waals surface area (Å²) in [6, 6.07) is 6.77. The maximum atomic E-state index is 11.7. The topological polar surface area (TPSA) is 81.7 Å². The highest BCUT2D eigenvalue weighted by Gasteiger charge is 2.51. The number of nitrogens with one attached hydrogen (secondary N) is 2. The van der Waals surface area contributed by atoms with E-state index in [0.717, 1.165) is 12.1 Å². The Hall–Kier alpha value is -2.08. The maximum absolute atomic E-state index is 11.7. The Morgan fingerprint density at radius 1 is 1.24 bits per heavy atom. The Labute approximate surface area is 124 Å². The lowest BCUT2D eigenvalue weighted by molar-refractivity contribution is -0.140.